The van der Waals surface area contributed by atoms with Crippen molar-refractivity contribution >= 4 is 23.3 Å². The molecule has 0 N–H and O–H groups in total. The standard InChI is InChI=1S/C17H14ClN3O/c18-14-7-9-15(10-8-14)21-16(13-5-2-1-3-6-13)19-11-4-12-20(19)17(21)22/h1-10,12,16H,11H2. The Balaban J connectivity index is 1.81. The molecule has 1 atom stereocenters. The van der Waals surface area contributed by atoms with Crippen molar-refractivity contribution in [3.63, 3.8) is 0 Å². The van der Waals surface area contributed by atoms with Gasteiger partial charge in [-0.3, -0.25) is 4.90 Å². The number of hydrogen-bond acceptors (Lipinski definition) is 2. The lowest BCUT2D eigenvalue weighted by atomic mass is 10.1. The van der Waals surface area contributed by atoms with E-state index >= 15 is 0 Å². The molecule has 0 saturated carbocycles. The molecule has 22 heavy (non-hydrogen) atoms. The van der Waals surface area contributed by atoms with Gasteiger partial charge in [0.25, 0.3) is 0 Å². The molecular weight excluding hydrogens is 298 g/mol. The van der Waals surface area contributed by atoms with E-state index in [4.69, 9.17) is 11.6 Å². The molecule has 1 fully saturated rings. The Morgan fingerprint density at radius 1 is 1.00 bits per heavy atom. The lowest BCUT2D eigenvalue weighted by molar-refractivity contribution is 0.0913. The third-order valence-corrected chi connectivity index (χ3v) is 4.20. The van der Waals surface area contributed by atoms with Gasteiger partial charge in [-0.25, -0.2) is 9.80 Å². The number of amides is 2. The number of halogens is 1. The number of hydrogen-bond donors (Lipinski definition) is 0. The predicted octanol–water partition coefficient (Wildman–Crippen LogP) is 4.03. The third-order valence-electron chi connectivity index (χ3n) is 3.95. The normalized spacial score (nSPS) is 20.8. The van der Waals surface area contributed by atoms with Crippen molar-refractivity contribution in [3.8, 4) is 0 Å². The monoisotopic (exact) mass is 311 g/mol. The number of anilines is 1. The summed E-state index contributed by atoms with van der Waals surface area (Å²) in [5, 5.41) is 4.38. The van der Waals surface area contributed by atoms with Gasteiger partial charge in [0.1, 0.15) is 6.17 Å². The molecule has 2 aliphatic rings. The Morgan fingerprint density at radius 2 is 1.73 bits per heavy atom. The summed E-state index contributed by atoms with van der Waals surface area (Å²) in [6.07, 6.45) is 3.67. The summed E-state index contributed by atoms with van der Waals surface area (Å²) in [6.45, 7) is 0.718. The Bertz CT molecular complexity index is 729. The van der Waals surface area contributed by atoms with Crippen LogP contribution in [0.1, 0.15) is 11.7 Å². The highest BCUT2D eigenvalue weighted by Crippen LogP contribution is 2.39. The highest BCUT2D eigenvalue weighted by Gasteiger charge is 2.46. The van der Waals surface area contributed by atoms with E-state index in [1.54, 1.807) is 22.0 Å². The number of fused-ring (bicyclic) bond motifs is 1. The van der Waals surface area contributed by atoms with E-state index in [0.29, 0.717) is 5.02 Å². The molecule has 0 aromatic heterocycles. The number of rotatable bonds is 2. The van der Waals surface area contributed by atoms with Crippen LogP contribution in [0.3, 0.4) is 0 Å². The SMILES string of the molecule is O=C1N(c2ccc(Cl)cc2)C(c2ccccc2)N2CC=CN12. The predicted molar refractivity (Wildman–Crippen MR) is 86.2 cm³/mol. The lowest BCUT2D eigenvalue weighted by Gasteiger charge is -2.27. The lowest BCUT2D eigenvalue weighted by Crippen LogP contribution is -2.32. The van der Waals surface area contributed by atoms with Crippen LogP contribution in [0.15, 0.2) is 66.9 Å². The maximum Gasteiger partial charge on any atom is 0.344 e. The van der Waals surface area contributed by atoms with E-state index in [9.17, 15) is 4.79 Å². The largest absolute Gasteiger partial charge is 0.344 e. The highest BCUT2D eigenvalue weighted by atomic mass is 35.5. The van der Waals surface area contributed by atoms with Crippen LogP contribution in [-0.4, -0.2) is 22.6 Å². The summed E-state index contributed by atoms with van der Waals surface area (Å²) >= 11 is 5.97. The van der Waals surface area contributed by atoms with Gasteiger partial charge in [0.15, 0.2) is 0 Å². The zero-order valence-electron chi connectivity index (χ0n) is 11.8. The highest BCUT2D eigenvalue weighted by molar-refractivity contribution is 6.30. The van der Waals surface area contributed by atoms with E-state index < -0.39 is 0 Å². The summed E-state index contributed by atoms with van der Waals surface area (Å²) in [7, 11) is 0. The maximum absolute atomic E-state index is 12.8. The first-order chi connectivity index (χ1) is 10.8. The van der Waals surface area contributed by atoms with E-state index in [2.05, 4.69) is 0 Å². The van der Waals surface area contributed by atoms with Crippen LogP contribution in [0.4, 0.5) is 10.5 Å². The molecule has 1 unspecified atom stereocenters. The van der Waals surface area contributed by atoms with Gasteiger partial charge in [-0.15, -0.1) is 0 Å². The number of carbonyl (C=O) groups excluding carboxylic acids is 1. The van der Waals surface area contributed by atoms with Gasteiger partial charge in [0.2, 0.25) is 0 Å². The number of carbonyl (C=O) groups is 1. The van der Waals surface area contributed by atoms with Crippen molar-refractivity contribution < 1.29 is 4.79 Å². The number of benzene rings is 2. The second-order valence-electron chi connectivity index (χ2n) is 5.26. The molecule has 1 saturated heterocycles. The quantitative estimate of drug-likeness (QED) is 0.837. The smallest absolute Gasteiger partial charge is 0.271 e. The first-order valence-corrected chi connectivity index (χ1v) is 7.50. The summed E-state index contributed by atoms with van der Waals surface area (Å²) in [5.41, 5.74) is 1.92. The Kier molecular flexibility index (Phi) is 3.13. The van der Waals surface area contributed by atoms with E-state index in [0.717, 1.165) is 17.8 Å². The topological polar surface area (TPSA) is 26.8 Å². The number of urea groups is 1. The molecule has 0 radical (unpaired) electrons. The van der Waals surface area contributed by atoms with Crippen LogP contribution in [0.2, 0.25) is 5.02 Å². The molecule has 2 aromatic rings. The molecule has 0 spiro atoms. The molecule has 5 heteroatoms. The van der Waals surface area contributed by atoms with Crippen LogP contribution in [0.25, 0.3) is 0 Å². The van der Waals surface area contributed by atoms with E-state index in [1.807, 2.05) is 59.7 Å². The van der Waals surface area contributed by atoms with Crippen LogP contribution in [0.5, 0.6) is 0 Å². The first-order valence-electron chi connectivity index (χ1n) is 7.12. The van der Waals surface area contributed by atoms with E-state index in [1.165, 1.54) is 0 Å². The van der Waals surface area contributed by atoms with Crippen LogP contribution >= 0.6 is 11.6 Å². The fraction of sp³-hybridized carbons (Fsp3) is 0.118. The molecule has 2 heterocycles. The van der Waals surface area contributed by atoms with Gasteiger partial charge >= 0.3 is 6.03 Å². The van der Waals surface area contributed by atoms with Gasteiger partial charge in [-0.1, -0.05) is 48.0 Å². The maximum atomic E-state index is 12.8. The molecule has 2 aliphatic heterocycles. The molecular formula is C17H14ClN3O. The first kappa shape index (κ1) is 13.4. The fourth-order valence-corrected chi connectivity index (χ4v) is 3.09. The summed E-state index contributed by atoms with van der Waals surface area (Å²) < 4.78 is 0. The molecule has 2 amide bonds. The average molecular weight is 312 g/mol. The minimum absolute atomic E-state index is 0.0510. The number of hydrazine groups is 1. The van der Waals surface area contributed by atoms with Gasteiger partial charge in [-0.2, -0.15) is 5.01 Å². The second kappa shape index (κ2) is 5.16. The van der Waals surface area contributed by atoms with Gasteiger partial charge < -0.3 is 0 Å². The van der Waals surface area contributed by atoms with Crippen LogP contribution in [-0.2, 0) is 0 Å². The van der Waals surface area contributed by atoms with Crippen molar-refractivity contribution in [1.29, 1.82) is 0 Å². The molecule has 0 bridgehead atoms. The van der Waals surface area contributed by atoms with Gasteiger partial charge in [0.05, 0.1) is 0 Å². The molecule has 4 nitrogen and oxygen atoms in total. The zero-order valence-corrected chi connectivity index (χ0v) is 12.5. The summed E-state index contributed by atoms with van der Waals surface area (Å²) in [6, 6.07) is 17.4. The summed E-state index contributed by atoms with van der Waals surface area (Å²) in [5.74, 6) is 0. The van der Waals surface area contributed by atoms with Crippen molar-refractivity contribution in [1.82, 2.24) is 10.0 Å². The minimum atomic E-state index is -0.148. The zero-order chi connectivity index (χ0) is 15.1. The van der Waals surface area contributed by atoms with Crippen molar-refractivity contribution in [2.45, 2.75) is 6.17 Å². The molecule has 110 valence electrons. The van der Waals surface area contributed by atoms with Gasteiger partial charge in [0, 0.05) is 23.5 Å². The van der Waals surface area contributed by atoms with Crippen molar-refractivity contribution in [3.05, 3.63) is 77.5 Å². The Hall–Kier alpha value is -2.30. The summed E-state index contributed by atoms with van der Waals surface area (Å²) in [4.78, 5) is 14.6. The Labute approximate surface area is 133 Å². The Morgan fingerprint density at radius 3 is 2.45 bits per heavy atom. The molecule has 4 rings (SSSR count). The van der Waals surface area contributed by atoms with Crippen LogP contribution in [0, 0.1) is 0 Å². The third kappa shape index (κ3) is 2.00. The second-order valence-corrected chi connectivity index (χ2v) is 5.70. The number of nitrogens with zero attached hydrogens (tertiary/aromatic N) is 3. The van der Waals surface area contributed by atoms with Gasteiger partial charge in [-0.05, 0) is 29.8 Å². The molecule has 0 aliphatic carbocycles. The van der Waals surface area contributed by atoms with Crippen LogP contribution < -0.4 is 4.90 Å². The fourth-order valence-electron chi connectivity index (χ4n) is 2.97. The van der Waals surface area contributed by atoms with Crippen molar-refractivity contribution in [2.24, 2.45) is 0 Å². The minimum Gasteiger partial charge on any atom is -0.271 e. The van der Waals surface area contributed by atoms with Crippen molar-refractivity contribution in [2.75, 3.05) is 11.4 Å². The van der Waals surface area contributed by atoms with E-state index in [-0.39, 0.29) is 12.2 Å². The molecule has 2 aromatic carbocycles. The average Bonchev–Trinajstić information content (AvgIpc) is 3.12.